The van der Waals surface area contributed by atoms with Crippen molar-refractivity contribution in [2.75, 3.05) is 31.8 Å². The van der Waals surface area contributed by atoms with E-state index in [9.17, 15) is 47.9 Å². The highest BCUT2D eigenvalue weighted by atomic mass is 31.3. The monoisotopic (exact) mass is 866 g/mol. The van der Waals surface area contributed by atoms with E-state index in [1.54, 1.807) is 0 Å². The molecule has 304 valence electrons. The topological polar surface area (TPSA) is 443 Å². The molecule has 30 nitrogen and oxygen atoms in total. The number of phosphoric acid groups is 4. The van der Waals surface area contributed by atoms with Gasteiger partial charge in [0.25, 0.3) is 5.56 Å². The van der Waals surface area contributed by atoms with Crippen LogP contribution in [0.15, 0.2) is 23.8 Å². The molecule has 0 aliphatic carbocycles. The summed E-state index contributed by atoms with van der Waals surface area (Å²) in [5, 5.41) is 21.4. The summed E-state index contributed by atoms with van der Waals surface area (Å²) in [6, 6.07) is 0. The second kappa shape index (κ2) is 15.3. The molecular formula is C21H30N10O20P4. The number of hydrogen-bond acceptors (Lipinski definition) is 22. The molecule has 4 aromatic heterocycles. The van der Waals surface area contributed by atoms with Gasteiger partial charge in [0.2, 0.25) is 5.95 Å². The molecule has 0 amide bonds. The van der Waals surface area contributed by atoms with Crippen molar-refractivity contribution < 1.29 is 89.3 Å². The molecule has 4 unspecified atom stereocenters. The van der Waals surface area contributed by atoms with Crippen LogP contribution in [0.1, 0.15) is 12.5 Å². The Balaban J connectivity index is 1.21. The number of imidazole rings is 2. The standard InChI is InChI=1S/C21H30N10O20P4/c1-44-14-13(49-53(38,39)45-2-7-11(32)12(33)19(47-7)31-6-27-10-17(31)28-21(23)29-18(10)34)8(3-46-54(40,41)51-55(42,43)50-52(35,36)37)48-20(14)30-5-26-9-15(22)24-4-25-16(9)30/h4-8,11-14,19-20,32-33H,2-3H2,1H3,(H,38,39)(H,40,41)(H,42,43)(H2,22,24,25)(H2,35,36,37)(H3,23,28,29,34)/t7?,8-,11-,12-,13-,14-,19-,20-/m1/s1. The summed E-state index contributed by atoms with van der Waals surface area (Å²) in [5.41, 5.74) is 10.6. The predicted molar refractivity (Wildman–Crippen MR) is 173 cm³/mol. The summed E-state index contributed by atoms with van der Waals surface area (Å²) in [5.74, 6) is -0.350. The Kier molecular flexibility index (Phi) is 11.5. The first-order valence-electron chi connectivity index (χ1n) is 14.9. The van der Waals surface area contributed by atoms with Crippen molar-refractivity contribution in [3.8, 4) is 0 Å². The second-order valence-corrected chi connectivity index (χ2v) is 17.2. The van der Waals surface area contributed by atoms with Crippen LogP contribution in [-0.4, -0.2) is 131 Å². The van der Waals surface area contributed by atoms with Crippen molar-refractivity contribution >= 4 is 65.4 Å². The first-order chi connectivity index (χ1) is 25.6. The molecule has 0 aromatic carbocycles. The number of fused-ring (bicyclic) bond motifs is 2. The molecule has 12 N–H and O–H groups in total. The number of nitrogens with two attached hydrogens (primary N) is 2. The van der Waals surface area contributed by atoms with E-state index in [-0.39, 0.29) is 34.1 Å². The van der Waals surface area contributed by atoms with Crippen LogP contribution in [0.2, 0.25) is 0 Å². The zero-order valence-electron chi connectivity index (χ0n) is 27.3. The van der Waals surface area contributed by atoms with E-state index in [1.807, 2.05) is 0 Å². The van der Waals surface area contributed by atoms with Gasteiger partial charge in [0.1, 0.15) is 48.5 Å². The molecule has 34 heteroatoms. The van der Waals surface area contributed by atoms with E-state index in [2.05, 4.69) is 38.5 Å². The molecule has 4 aromatic rings. The number of nitrogens with one attached hydrogen (secondary N) is 1. The van der Waals surface area contributed by atoms with Gasteiger partial charge in [0.05, 0.1) is 25.9 Å². The van der Waals surface area contributed by atoms with Gasteiger partial charge in [-0.05, 0) is 0 Å². The molecule has 0 saturated carbocycles. The molecule has 0 bridgehead atoms. The zero-order chi connectivity index (χ0) is 40.2. The number of anilines is 2. The molecule has 55 heavy (non-hydrogen) atoms. The molecule has 6 heterocycles. The third-order valence-electron chi connectivity index (χ3n) is 7.76. The fraction of sp³-hybridized carbons (Fsp3) is 0.524. The van der Waals surface area contributed by atoms with Crippen molar-refractivity contribution in [2.24, 2.45) is 0 Å². The van der Waals surface area contributed by atoms with Gasteiger partial charge >= 0.3 is 31.3 Å². The van der Waals surface area contributed by atoms with Crippen molar-refractivity contribution in [1.82, 2.24) is 39.0 Å². The van der Waals surface area contributed by atoms with Crippen LogP contribution in [0.5, 0.6) is 0 Å². The van der Waals surface area contributed by atoms with E-state index in [0.717, 1.165) is 30.7 Å². The molecule has 6 rings (SSSR count). The number of phosphoric ester groups is 2. The Morgan fingerprint density at radius 2 is 1.40 bits per heavy atom. The zero-order valence-corrected chi connectivity index (χ0v) is 30.9. The molecule has 2 saturated heterocycles. The highest BCUT2D eigenvalue weighted by Gasteiger charge is 2.53. The van der Waals surface area contributed by atoms with Gasteiger partial charge in [-0.25, -0.2) is 38.2 Å². The number of ether oxygens (including phenoxy) is 3. The minimum Gasteiger partial charge on any atom is -0.387 e. The molecule has 2 fully saturated rings. The number of nitrogen functional groups attached to an aromatic ring is 2. The van der Waals surface area contributed by atoms with E-state index < -0.39 is 99.1 Å². The lowest BCUT2D eigenvalue weighted by Crippen LogP contribution is -2.38. The number of aromatic nitrogens is 8. The maximum atomic E-state index is 13.4. The molecular weight excluding hydrogens is 836 g/mol. The van der Waals surface area contributed by atoms with Gasteiger partial charge in [0.15, 0.2) is 35.1 Å². The van der Waals surface area contributed by atoms with Crippen LogP contribution >= 0.6 is 31.3 Å². The highest BCUT2D eigenvalue weighted by Crippen LogP contribution is 2.66. The maximum Gasteiger partial charge on any atom is 0.490 e. The van der Waals surface area contributed by atoms with E-state index in [4.69, 9.17) is 49.0 Å². The number of hydrogen-bond donors (Lipinski definition) is 10. The Bertz CT molecular complexity index is 2320. The Labute approximate surface area is 304 Å². The lowest BCUT2D eigenvalue weighted by Gasteiger charge is -2.26. The van der Waals surface area contributed by atoms with Gasteiger partial charge in [-0.2, -0.15) is 13.6 Å². The average Bonchev–Trinajstić information content (AvgIpc) is 3.82. The van der Waals surface area contributed by atoms with E-state index >= 15 is 0 Å². The number of H-pyrrole nitrogens is 1. The number of aliphatic hydroxyl groups is 2. The van der Waals surface area contributed by atoms with E-state index in [0.29, 0.717) is 0 Å². The molecule has 2 aliphatic heterocycles. The summed E-state index contributed by atoms with van der Waals surface area (Å²) in [6.45, 7) is -2.12. The van der Waals surface area contributed by atoms with Crippen molar-refractivity contribution in [2.45, 2.75) is 49.1 Å². The summed E-state index contributed by atoms with van der Waals surface area (Å²) in [7, 11) is -21.7. The fourth-order valence-corrected chi connectivity index (χ4v) is 9.54. The minimum absolute atomic E-state index is 0.0453. The molecule has 11 atom stereocenters. The maximum absolute atomic E-state index is 13.4. The first-order valence-corrected chi connectivity index (χ1v) is 20.9. The van der Waals surface area contributed by atoms with Crippen LogP contribution in [-0.2, 0) is 54.7 Å². The Hall–Kier alpha value is -3.18. The summed E-state index contributed by atoms with van der Waals surface area (Å²) in [4.78, 5) is 82.2. The molecule has 0 radical (unpaired) electrons. The normalized spacial score (nSPS) is 29.4. The van der Waals surface area contributed by atoms with Gasteiger partial charge < -0.3 is 60.4 Å². The van der Waals surface area contributed by atoms with E-state index in [1.165, 1.54) is 4.57 Å². The number of aromatic amines is 1. The third-order valence-corrected chi connectivity index (χ3v) is 12.5. The van der Waals surface area contributed by atoms with Gasteiger partial charge in [-0.1, -0.05) is 0 Å². The van der Waals surface area contributed by atoms with Crippen LogP contribution < -0.4 is 17.0 Å². The predicted octanol–water partition coefficient (Wildman–Crippen LogP) is -2.50. The Morgan fingerprint density at radius 1 is 0.782 bits per heavy atom. The van der Waals surface area contributed by atoms with Crippen molar-refractivity contribution in [3.63, 3.8) is 0 Å². The van der Waals surface area contributed by atoms with Crippen LogP contribution in [0.3, 0.4) is 0 Å². The first kappa shape index (κ1) is 41.5. The van der Waals surface area contributed by atoms with Crippen molar-refractivity contribution in [3.05, 3.63) is 29.3 Å². The average molecular weight is 866 g/mol. The van der Waals surface area contributed by atoms with Gasteiger partial charge in [-0.15, -0.1) is 0 Å². The van der Waals surface area contributed by atoms with Gasteiger partial charge in [-0.3, -0.25) is 32.5 Å². The van der Waals surface area contributed by atoms with Crippen molar-refractivity contribution in [1.29, 1.82) is 0 Å². The van der Waals surface area contributed by atoms with Gasteiger partial charge in [0, 0.05) is 7.11 Å². The molecule has 2 aliphatic rings. The quantitative estimate of drug-likeness (QED) is 0.0552. The SMILES string of the molecule is CO[C@@H]1[C@H](OP(=O)(O)OCC2O[C@@H](n3cnc4c(=O)[nH]c(N)nc43)[C@H](O)[C@@H]2O)[C@@H](COP(=O)(O)OP(=O)(O)OP(=O)(O)O)O[C@H]1n1cnc2c(N)ncnc21. The number of nitrogens with zero attached hydrogens (tertiary/aromatic N) is 7. The van der Waals surface area contributed by atoms with Crippen LogP contribution in [0.25, 0.3) is 22.3 Å². The number of methoxy groups -OCH3 is 1. The van der Waals surface area contributed by atoms with Crippen LogP contribution in [0, 0.1) is 0 Å². The summed E-state index contributed by atoms with van der Waals surface area (Å²) < 4.78 is 90.6. The Morgan fingerprint density at radius 3 is 2.07 bits per heavy atom. The fourth-order valence-electron chi connectivity index (χ4n) is 5.55. The molecule has 0 spiro atoms. The highest BCUT2D eigenvalue weighted by molar-refractivity contribution is 7.66. The van der Waals surface area contributed by atoms with Crippen LogP contribution in [0.4, 0.5) is 11.8 Å². The third kappa shape index (κ3) is 9.03. The smallest absolute Gasteiger partial charge is 0.387 e. The summed E-state index contributed by atoms with van der Waals surface area (Å²) >= 11 is 0. The number of rotatable bonds is 15. The number of aliphatic hydroxyl groups excluding tert-OH is 2. The lowest BCUT2D eigenvalue weighted by atomic mass is 10.1. The minimum atomic E-state index is -5.93. The second-order valence-electron chi connectivity index (χ2n) is 11.4. The summed E-state index contributed by atoms with van der Waals surface area (Å²) in [6.07, 6.45) is -9.64. The lowest BCUT2D eigenvalue weighted by molar-refractivity contribution is -0.0581. The largest absolute Gasteiger partial charge is 0.490 e.